The number of piperidine rings is 1. The van der Waals surface area contributed by atoms with Crippen molar-refractivity contribution < 1.29 is 14.3 Å². The molecule has 1 atom stereocenters. The average molecular weight is 280 g/mol. The molecule has 1 fully saturated rings. The Morgan fingerprint density at radius 2 is 2.25 bits per heavy atom. The maximum atomic E-state index is 11.9. The zero-order valence-electron chi connectivity index (χ0n) is 12.3. The molecule has 1 aliphatic rings. The van der Waals surface area contributed by atoms with Crippen molar-refractivity contribution in [2.24, 2.45) is 5.92 Å². The number of rotatable bonds is 5. The lowest BCUT2D eigenvalue weighted by Crippen LogP contribution is -2.43. The number of amides is 1. The number of furan rings is 1. The number of carbonyl (C=O) groups excluding carboxylic acids is 1. The summed E-state index contributed by atoms with van der Waals surface area (Å²) in [6.45, 7) is 6.98. The summed E-state index contributed by atoms with van der Waals surface area (Å²) < 4.78 is 5.09. The number of aryl methyl sites for hydroxylation is 1. The standard InChI is InChI=1S/C15H24N2O3/c1-11-3-6-17(7-4-11)10-13(18)9-16-15(19)14-5-8-20-12(14)2/h5,8,11,13,18H,3-4,6-7,9-10H2,1-2H3,(H,16,19). The van der Waals surface area contributed by atoms with E-state index in [9.17, 15) is 9.90 Å². The molecule has 20 heavy (non-hydrogen) atoms. The van der Waals surface area contributed by atoms with Gasteiger partial charge >= 0.3 is 0 Å². The number of likely N-dealkylation sites (tertiary alicyclic amines) is 1. The molecule has 5 nitrogen and oxygen atoms in total. The quantitative estimate of drug-likeness (QED) is 0.856. The second-order valence-corrected chi connectivity index (χ2v) is 5.74. The van der Waals surface area contributed by atoms with Gasteiger partial charge in [-0.1, -0.05) is 6.92 Å². The SMILES string of the molecule is Cc1occc1C(=O)NCC(O)CN1CCC(C)CC1. The maximum Gasteiger partial charge on any atom is 0.254 e. The van der Waals surface area contributed by atoms with E-state index in [2.05, 4.69) is 17.1 Å². The van der Waals surface area contributed by atoms with Gasteiger partial charge in [-0.15, -0.1) is 0 Å². The zero-order chi connectivity index (χ0) is 14.5. The Morgan fingerprint density at radius 1 is 1.55 bits per heavy atom. The number of nitrogens with zero attached hydrogens (tertiary/aromatic N) is 1. The van der Waals surface area contributed by atoms with Crippen LogP contribution in [0, 0.1) is 12.8 Å². The Hall–Kier alpha value is -1.33. The van der Waals surface area contributed by atoms with Crippen LogP contribution in [-0.4, -0.2) is 48.2 Å². The first-order valence-corrected chi connectivity index (χ1v) is 7.29. The fraction of sp³-hybridized carbons (Fsp3) is 0.667. The first-order valence-electron chi connectivity index (χ1n) is 7.29. The molecule has 1 aliphatic heterocycles. The van der Waals surface area contributed by atoms with Gasteiger partial charge in [0.2, 0.25) is 0 Å². The highest BCUT2D eigenvalue weighted by atomic mass is 16.3. The van der Waals surface area contributed by atoms with Crippen molar-refractivity contribution in [2.75, 3.05) is 26.2 Å². The topological polar surface area (TPSA) is 65.7 Å². The molecule has 0 aliphatic carbocycles. The van der Waals surface area contributed by atoms with Crippen molar-refractivity contribution >= 4 is 5.91 Å². The Labute approximate surface area is 119 Å². The van der Waals surface area contributed by atoms with E-state index in [0.717, 1.165) is 19.0 Å². The summed E-state index contributed by atoms with van der Waals surface area (Å²) in [5.74, 6) is 1.19. The number of hydrogen-bond acceptors (Lipinski definition) is 4. The third-order valence-electron chi connectivity index (χ3n) is 3.95. The van der Waals surface area contributed by atoms with E-state index in [-0.39, 0.29) is 12.5 Å². The molecule has 1 aromatic heterocycles. The molecule has 5 heteroatoms. The lowest BCUT2D eigenvalue weighted by Gasteiger charge is -2.31. The molecule has 0 spiro atoms. The van der Waals surface area contributed by atoms with E-state index >= 15 is 0 Å². The second-order valence-electron chi connectivity index (χ2n) is 5.74. The number of aliphatic hydroxyl groups excluding tert-OH is 1. The lowest BCUT2D eigenvalue weighted by atomic mass is 9.99. The highest BCUT2D eigenvalue weighted by Crippen LogP contribution is 2.15. The number of hydrogen-bond donors (Lipinski definition) is 2. The average Bonchev–Trinajstić information content (AvgIpc) is 2.85. The molecule has 2 rings (SSSR count). The predicted octanol–water partition coefficient (Wildman–Crippen LogP) is 1.41. The van der Waals surface area contributed by atoms with Gasteiger partial charge in [-0.05, 0) is 44.8 Å². The van der Waals surface area contributed by atoms with Crippen LogP contribution in [0.5, 0.6) is 0 Å². The first-order chi connectivity index (χ1) is 9.56. The minimum absolute atomic E-state index is 0.192. The van der Waals surface area contributed by atoms with Gasteiger partial charge in [-0.2, -0.15) is 0 Å². The van der Waals surface area contributed by atoms with Crippen molar-refractivity contribution in [2.45, 2.75) is 32.8 Å². The molecule has 112 valence electrons. The van der Waals surface area contributed by atoms with Gasteiger partial charge in [0, 0.05) is 13.1 Å². The number of nitrogens with one attached hydrogen (secondary N) is 1. The Bertz CT molecular complexity index is 436. The van der Waals surface area contributed by atoms with Crippen molar-refractivity contribution in [3.63, 3.8) is 0 Å². The maximum absolute atomic E-state index is 11.9. The monoisotopic (exact) mass is 280 g/mol. The lowest BCUT2D eigenvalue weighted by molar-refractivity contribution is 0.0794. The van der Waals surface area contributed by atoms with E-state index in [1.54, 1.807) is 13.0 Å². The van der Waals surface area contributed by atoms with Gasteiger partial charge in [0.1, 0.15) is 5.76 Å². The van der Waals surface area contributed by atoms with Crippen LogP contribution in [0.2, 0.25) is 0 Å². The second kappa shape index (κ2) is 6.90. The fourth-order valence-corrected chi connectivity index (χ4v) is 2.53. The van der Waals surface area contributed by atoms with E-state index in [1.807, 2.05) is 0 Å². The van der Waals surface area contributed by atoms with Gasteiger partial charge < -0.3 is 19.7 Å². The summed E-state index contributed by atoms with van der Waals surface area (Å²) in [5.41, 5.74) is 0.531. The summed E-state index contributed by atoms with van der Waals surface area (Å²) in [6.07, 6.45) is 3.34. The molecule has 1 saturated heterocycles. The summed E-state index contributed by atoms with van der Waals surface area (Å²) in [6, 6.07) is 1.64. The van der Waals surface area contributed by atoms with E-state index in [4.69, 9.17) is 4.42 Å². The number of carbonyl (C=O) groups is 1. The molecular weight excluding hydrogens is 256 g/mol. The van der Waals surface area contributed by atoms with Crippen molar-refractivity contribution in [3.8, 4) is 0 Å². The number of β-amino-alcohol motifs (C(OH)–C–C–N with tert-alkyl or cyclic N) is 1. The summed E-state index contributed by atoms with van der Waals surface area (Å²) in [5, 5.41) is 12.8. The molecule has 0 saturated carbocycles. The summed E-state index contributed by atoms with van der Waals surface area (Å²) >= 11 is 0. The van der Waals surface area contributed by atoms with Crippen molar-refractivity contribution in [1.29, 1.82) is 0 Å². The predicted molar refractivity (Wildman–Crippen MR) is 76.6 cm³/mol. The molecule has 2 N–H and O–H groups in total. The van der Waals surface area contributed by atoms with Crippen LogP contribution in [-0.2, 0) is 0 Å². The third-order valence-corrected chi connectivity index (χ3v) is 3.95. The van der Waals surface area contributed by atoms with Crippen LogP contribution in [0.4, 0.5) is 0 Å². The normalized spacial score (nSPS) is 18.9. The van der Waals surface area contributed by atoms with Crippen LogP contribution in [0.3, 0.4) is 0 Å². The summed E-state index contributed by atoms with van der Waals surface area (Å²) in [4.78, 5) is 14.1. The van der Waals surface area contributed by atoms with Crippen LogP contribution >= 0.6 is 0 Å². The van der Waals surface area contributed by atoms with Crippen molar-refractivity contribution in [3.05, 3.63) is 23.7 Å². The highest BCUT2D eigenvalue weighted by Gasteiger charge is 2.19. The van der Waals surface area contributed by atoms with Crippen LogP contribution in [0.25, 0.3) is 0 Å². The van der Waals surface area contributed by atoms with Gasteiger partial charge in [-0.3, -0.25) is 4.79 Å². The zero-order valence-corrected chi connectivity index (χ0v) is 12.3. The molecular formula is C15H24N2O3. The molecule has 0 bridgehead atoms. The minimum atomic E-state index is -0.528. The van der Waals surface area contributed by atoms with E-state index < -0.39 is 6.10 Å². The Morgan fingerprint density at radius 3 is 2.85 bits per heavy atom. The van der Waals surface area contributed by atoms with Crippen LogP contribution in [0.15, 0.2) is 16.7 Å². The molecule has 0 aromatic carbocycles. The third kappa shape index (κ3) is 4.08. The molecule has 1 unspecified atom stereocenters. The number of aliphatic hydroxyl groups is 1. The van der Waals surface area contributed by atoms with Gasteiger partial charge in [-0.25, -0.2) is 0 Å². The van der Waals surface area contributed by atoms with Gasteiger partial charge in [0.05, 0.1) is 17.9 Å². The molecule has 1 amide bonds. The minimum Gasteiger partial charge on any atom is -0.469 e. The van der Waals surface area contributed by atoms with Crippen LogP contribution < -0.4 is 5.32 Å². The summed E-state index contributed by atoms with van der Waals surface area (Å²) in [7, 11) is 0. The fourth-order valence-electron chi connectivity index (χ4n) is 2.53. The highest BCUT2D eigenvalue weighted by molar-refractivity contribution is 5.95. The molecule has 1 aromatic rings. The van der Waals surface area contributed by atoms with Gasteiger partial charge in [0.25, 0.3) is 5.91 Å². The molecule has 2 heterocycles. The van der Waals surface area contributed by atoms with Crippen molar-refractivity contribution in [1.82, 2.24) is 10.2 Å². The van der Waals surface area contributed by atoms with E-state index in [1.165, 1.54) is 19.1 Å². The first kappa shape index (κ1) is 15.1. The largest absolute Gasteiger partial charge is 0.469 e. The smallest absolute Gasteiger partial charge is 0.254 e. The Kier molecular flexibility index (Phi) is 5.20. The Balaban J connectivity index is 1.71. The van der Waals surface area contributed by atoms with E-state index in [0.29, 0.717) is 17.9 Å². The van der Waals surface area contributed by atoms with Gasteiger partial charge in [0.15, 0.2) is 0 Å². The van der Waals surface area contributed by atoms with Crippen LogP contribution in [0.1, 0.15) is 35.9 Å². The molecule has 0 radical (unpaired) electrons.